The molecular formula is C20H21FN2O6S2. The van der Waals surface area contributed by atoms with Crippen molar-refractivity contribution < 1.29 is 30.8 Å². The van der Waals surface area contributed by atoms with Crippen LogP contribution in [0.4, 0.5) is 10.1 Å². The molecule has 1 aromatic carbocycles. The molecule has 0 saturated heterocycles. The van der Waals surface area contributed by atoms with Gasteiger partial charge in [-0.1, -0.05) is 0 Å². The van der Waals surface area contributed by atoms with E-state index in [2.05, 4.69) is 4.72 Å². The number of nitrogens with one attached hydrogen (secondary N) is 1. The molecule has 0 fully saturated rings. The molecule has 3 aromatic rings. The number of rotatable bonds is 7. The Morgan fingerprint density at radius 1 is 1.10 bits per heavy atom. The first-order chi connectivity index (χ1) is 14.5. The second-order valence-electron chi connectivity index (χ2n) is 6.80. The van der Waals surface area contributed by atoms with Crippen molar-refractivity contribution in [1.29, 1.82) is 0 Å². The van der Waals surface area contributed by atoms with E-state index in [4.69, 9.17) is 4.74 Å². The summed E-state index contributed by atoms with van der Waals surface area (Å²) >= 11 is 0. The lowest BCUT2D eigenvalue weighted by molar-refractivity contribution is -0.139. The number of esters is 1. The lowest BCUT2D eigenvalue weighted by Crippen LogP contribution is -2.14. The Balaban J connectivity index is 2.15. The van der Waals surface area contributed by atoms with E-state index in [9.17, 15) is 26.0 Å². The number of ether oxygens (including phenoxy) is 1. The molecule has 0 aliphatic heterocycles. The maximum Gasteiger partial charge on any atom is 0.310 e. The van der Waals surface area contributed by atoms with Crippen molar-refractivity contribution in [2.75, 3.05) is 17.6 Å². The van der Waals surface area contributed by atoms with Crippen molar-refractivity contribution in [3.63, 3.8) is 0 Å². The van der Waals surface area contributed by atoms with Gasteiger partial charge in [0.1, 0.15) is 10.8 Å². The van der Waals surface area contributed by atoms with E-state index in [0.717, 1.165) is 6.20 Å². The molecule has 2 heterocycles. The summed E-state index contributed by atoms with van der Waals surface area (Å²) in [5.41, 5.74) is 1.30. The number of methoxy groups -OCH3 is 1. The molecule has 0 spiro atoms. The quantitative estimate of drug-likeness (QED) is 0.534. The van der Waals surface area contributed by atoms with E-state index >= 15 is 0 Å². The van der Waals surface area contributed by atoms with Gasteiger partial charge in [0.15, 0.2) is 0 Å². The average molecular weight is 469 g/mol. The molecule has 166 valence electrons. The Morgan fingerprint density at radius 3 is 2.32 bits per heavy atom. The summed E-state index contributed by atoms with van der Waals surface area (Å²) in [6.07, 6.45) is 0.866. The fourth-order valence-corrected chi connectivity index (χ4v) is 5.52. The topological polar surface area (TPSA) is 111 Å². The molecule has 0 atom stereocenters. The number of pyridine rings is 1. The number of benzene rings is 1. The van der Waals surface area contributed by atoms with Gasteiger partial charge >= 0.3 is 5.97 Å². The van der Waals surface area contributed by atoms with Crippen LogP contribution in [0.5, 0.6) is 0 Å². The standard InChI is InChI=1S/C20H21FN2O6S2/c1-4-30(25,26)22-15-6-8-16(9-7-15)31(27,28)20-13(2)17(11-19(24)29-3)18-10-5-14(21)12-23(18)20/h5-10,12,22H,4,11H2,1-3H3. The minimum Gasteiger partial charge on any atom is -0.469 e. The summed E-state index contributed by atoms with van der Waals surface area (Å²) in [6, 6.07) is 7.78. The van der Waals surface area contributed by atoms with E-state index < -0.39 is 31.6 Å². The largest absolute Gasteiger partial charge is 0.469 e. The molecule has 0 aliphatic carbocycles. The molecule has 0 unspecified atom stereocenters. The molecule has 0 bridgehead atoms. The van der Waals surface area contributed by atoms with Crippen LogP contribution < -0.4 is 4.72 Å². The van der Waals surface area contributed by atoms with Crippen molar-refractivity contribution >= 4 is 37.0 Å². The number of sulfone groups is 1. The third-order valence-electron chi connectivity index (χ3n) is 4.84. The van der Waals surface area contributed by atoms with E-state index in [1.807, 2.05) is 0 Å². The van der Waals surface area contributed by atoms with Crippen molar-refractivity contribution in [1.82, 2.24) is 4.40 Å². The van der Waals surface area contributed by atoms with Crippen LogP contribution in [0.2, 0.25) is 0 Å². The second kappa shape index (κ2) is 8.31. The highest BCUT2D eigenvalue weighted by atomic mass is 32.2. The number of sulfonamides is 1. The maximum atomic E-state index is 13.9. The van der Waals surface area contributed by atoms with E-state index in [1.165, 1.54) is 54.8 Å². The number of carbonyl (C=O) groups excluding carboxylic acids is 1. The zero-order chi connectivity index (χ0) is 23.0. The van der Waals surface area contributed by atoms with Crippen LogP contribution in [0.1, 0.15) is 18.1 Å². The van der Waals surface area contributed by atoms with E-state index in [-0.39, 0.29) is 27.8 Å². The average Bonchev–Trinajstić information content (AvgIpc) is 2.99. The Labute approximate surface area is 179 Å². The highest BCUT2D eigenvalue weighted by Crippen LogP contribution is 2.32. The smallest absolute Gasteiger partial charge is 0.310 e. The zero-order valence-corrected chi connectivity index (χ0v) is 18.7. The van der Waals surface area contributed by atoms with Crippen LogP contribution in [0, 0.1) is 12.7 Å². The summed E-state index contributed by atoms with van der Waals surface area (Å²) in [5.74, 6) is -1.33. The normalized spacial score (nSPS) is 12.1. The number of anilines is 1. The van der Waals surface area contributed by atoms with Crippen LogP contribution in [0.15, 0.2) is 52.5 Å². The van der Waals surface area contributed by atoms with Crippen LogP contribution in [-0.4, -0.2) is 40.1 Å². The summed E-state index contributed by atoms with van der Waals surface area (Å²) in [6.45, 7) is 3.02. The van der Waals surface area contributed by atoms with Crippen LogP contribution in [-0.2, 0) is 35.8 Å². The summed E-state index contributed by atoms with van der Waals surface area (Å²) in [4.78, 5) is 11.7. The Kier molecular flexibility index (Phi) is 6.10. The molecule has 0 saturated carbocycles. The van der Waals surface area contributed by atoms with Gasteiger partial charge in [0.05, 0.1) is 29.7 Å². The summed E-state index contributed by atoms with van der Waals surface area (Å²) < 4.78 is 72.4. The third kappa shape index (κ3) is 4.42. The van der Waals surface area contributed by atoms with Gasteiger partial charge in [-0.2, -0.15) is 0 Å². The first-order valence-electron chi connectivity index (χ1n) is 9.21. The number of nitrogens with zero attached hydrogens (tertiary/aromatic N) is 1. The lowest BCUT2D eigenvalue weighted by Gasteiger charge is -2.09. The van der Waals surface area contributed by atoms with Crippen molar-refractivity contribution in [3.05, 3.63) is 59.5 Å². The SMILES string of the molecule is CCS(=O)(=O)Nc1ccc(S(=O)(=O)c2c(C)c(CC(=O)OC)c3ccc(F)cn23)cc1. The van der Waals surface area contributed by atoms with Gasteiger partial charge in [0.25, 0.3) is 0 Å². The number of hydrogen-bond donors (Lipinski definition) is 1. The fourth-order valence-electron chi connectivity index (χ4n) is 3.23. The molecule has 0 amide bonds. The predicted molar refractivity (Wildman–Crippen MR) is 113 cm³/mol. The minimum atomic E-state index is -4.13. The van der Waals surface area contributed by atoms with Crippen LogP contribution in [0.3, 0.4) is 0 Å². The van der Waals surface area contributed by atoms with E-state index in [0.29, 0.717) is 16.6 Å². The monoisotopic (exact) mass is 468 g/mol. The molecule has 3 rings (SSSR count). The number of aromatic nitrogens is 1. The van der Waals surface area contributed by atoms with Crippen LogP contribution in [0.25, 0.3) is 5.52 Å². The van der Waals surface area contributed by atoms with Gasteiger partial charge in [-0.05, 0) is 61.4 Å². The van der Waals surface area contributed by atoms with Crippen LogP contribution >= 0.6 is 0 Å². The Bertz CT molecular complexity index is 1360. The van der Waals surface area contributed by atoms with Gasteiger partial charge in [-0.3, -0.25) is 9.52 Å². The molecule has 2 aromatic heterocycles. The number of fused-ring (bicyclic) bond motifs is 1. The third-order valence-corrected chi connectivity index (χ3v) is 8.05. The first-order valence-corrected chi connectivity index (χ1v) is 12.3. The second-order valence-corrected chi connectivity index (χ2v) is 10.7. The summed E-state index contributed by atoms with van der Waals surface area (Å²) in [7, 11) is -6.42. The van der Waals surface area contributed by atoms with E-state index in [1.54, 1.807) is 6.92 Å². The lowest BCUT2D eigenvalue weighted by atomic mass is 10.1. The first kappa shape index (κ1) is 22.8. The van der Waals surface area contributed by atoms with Crippen molar-refractivity contribution in [2.45, 2.75) is 30.2 Å². The van der Waals surface area contributed by atoms with Gasteiger partial charge in [-0.25, -0.2) is 21.2 Å². The molecule has 0 radical (unpaired) electrons. The Hall–Kier alpha value is -2.92. The Morgan fingerprint density at radius 2 is 1.74 bits per heavy atom. The fraction of sp³-hybridized carbons (Fsp3) is 0.250. The van der Waals surface area contributed by atoms with Gasteiger partial charge < -0.3 is 9.14 Å². The zero-order valence-electron chi connectivity index (χ0n) is 17.0. The summed E-state index contributed by atoms with van der Waals surface area (Å²) in [5, 5.41) is -0.178. The molecular weight excluding hydrogens is 447 g/mol. The minimum absolute atomic E-state index is 0.108. The number of carbonyl (C=O) groups is 1. The highest BCUT2D eigenvalue weighted by Gasteiger charge is 2.28. The molecule has 11 heteroatoms. The molecule has 1 N–H and O–H groups in total. The molecule has 8 nitrogen and oxygen atoms in total. The van der Waals surface area contributed by atoms with Gasteiger partial charge in [0.2, 0.25) is 19.9 Å². The predicted octanol–water partition coefficient (Wildman–Crippen LogP) is 2.70. The molecule has 31 heavy (non-hydrogen) atoms. The van der Waals surface area contributed by atoms with Crippen molar-refractivity contribution in [2.24, 2.45) is 0 Å². The maximum absolute atomic E-state index is 13.9. The number of hydrogen-bond acceptors (Lipinski definition) is 6. The number of halogens is 1. The van der Waals surface area contributed by atoms with Gasteiger partial charge in [-0.15, -0.1) is 0 Å². The van der Waals surface area contributed by atoms with Crippen molar-refractivity contribution in [3.8, 4) is 0 Å². The highest BCUT2D eigenvalue weighted by molar-refractivity contribution is 7.92. The van der Waals surface area contributed by atoms with Gasteiger partial charge in [0, 0.05) is 11.9 Å². The molecule has 0 aliphatic rings.